The molecule has 7 rings (SSSR count). The predicted octanol–water partition coefficient (Wildman–Crippen LogP) is 1.83. The summed E-state index contributed by atoms with van der Waals surface area (Å²) in [5, 5.41) is 49.9. The molecule has 2 unspecified atom stereocenters. The van der Waals surface area contributed by atoms with Gasteiger partial charge in [-0.1, -0.05) is 46.2 Å². The highest BCUT2D eigenvalue weighted by molar-refractivity contribution is 8.03. The van der Waals surface area contributed by atoms with Gasteiger partial charge in [0.15, 0.2) is 20.9 Å². The highest BCUT2D eigenvalue weighted by Crippen LogP contribution is 2.44. The molecule has 5 aliphatic rings. The van der Waals surface area contributed by atoms with Crippen LogP contribution in [0.3, 0.4) is 0 Å². The Bertz CT molecular complexity index is 1830. The van der Waals surface area contributed by atoms with Gasteiger partial charge in [-0.25, -0.2) is 4.79 Å². The SMILES string of the molecule is Cc1nnc(SCC2=CS[C@@H]3[C@H](NC(=O)C4C(CSc5nnc(C)s5)=CS[C@@H]5[C@H](NC(=O)CC6N=NN=N6)C(=O)N45)C(=O)N3C2C(=O)O)s1. The van der Waals surface area contributed by atoms with Crippen LogP contribution in [0.1, 0.15) is 16.4 Å². The molecule has 2 fully saturated rings. The van der Waals surface area contributed by atoms with Gasteiger partial charge in [-0.15, -0.1) is 54.1 Å². The van der Waals surface area contributed by atoms with E-state index in [0.29, 0.717) is 31.3 Å². The molecule has 18 nitrogen and oxygen atoms in total. The summed E-state index contributed by atoms with van der Waals surface area (Å²) in [4.78, 5) is 68.7. The van der Waals surface area contributed by atoms with Crippen LogP contribution in [0.5, 0.6) is 0 Å². The van der Waals surface area contributed by atoms with E-state index in [2.05, 4.69) is 51.7 Å². The summed E-state index contributed by atoms with van der Waals surface area (Å²) in [5.74, 6) is -2.61. The molecule has 0 radical (unpaired) electrons. The van der Waals surface area contributed by atoms with Crippen LogP contribution in [0.2, 0.25) is 0 Å². The average molecular weight is 781 g/mol. The van der Waals surface area contributed by atoms with Crippen LogP contribution in [-0.4, -0.2) is 117 Å². The first kappa shape index (κ1) is 34.0. The van der Waals surface area contributed by atoms with E-state index >= 15 is 0 Å². The number of carboxylic acids is 1. The maximum absolute atomic E-state index is 14.0. The molecule has 6 atom stereocenters. The van der Waals surface area contributed by atoms with Crippen molar-refractivity contribution in [3.8, 4) is 0 Å². The van der Waals surface area contributed by atoms with Gasteiger partial charge in [0.05, 0.1) is 6.42 Å². The number of amides is 4. The number of nitrogens with zero attached hydrogens (tertiary/aromatic N) is 10. The molecule has 3 N–H and O–H groups in total. The van der Waals surface area contributed by atoms with Gasteiger partial charge < -0.3 is 25.5 Å². The molecule has 0 aliphatic carbocycles. The van der Waals surface area contributed by atoms with Crippen LogP contribution in [0, 0.1) is 13.8 Å². The number of hydrogen-bond acceptors (Lipinski definition) is 19. The maximum Gasteiger partial charge on any atom is 0.330 e. The van der Waals surface area contributed by atoms with Crippen molar-refractivity contribution < 1.29 is 29.1 Å². The van der Waals surface area contributed by atoms with Crippen LogP contribution in [0.25, 0.3) is 0 Å². The van der Waals surface area contributed by atoms with E-state index in [1.807, 2.05) is 13.8 Å². The van der Waals surface area contributed by atoms with Crippen molar-refractivity contribution in [2.24, 2.45) is 20.7 Å². The standard InChI is InChI=1S/C25H24N12O6S6/c1-8-28-32-24(48-8)46-6-10-4-44-21-14(26-13(38)3-12-30-34-35-31-12)19(40)36(21)16(10)18(39)27-15-20(41)37-17(23(42)43)11(5-45-22(15)37)7-47-25-33-29-9(2)49-25/h4-5,12,14-17,21-22H,3,6-7H2,1-2H3,(H,26,38)(H,27,39)(H,42,43)/t14-,15-,16?,17?,21-,22-/m1/s1. The molecule has 2 aromatic rings. The predicted molar refractivity (Wildman–Crippen MR) is 181 cm³/mol. The Balaban J connectivity index is 1.06. The number of hydrogen-bond donors (Lipinski definition) is 3. The summed E-state index contributed by atoms with van der Waals surface area (Å²) in [6.07, 6.45) is -0.886. The van der Waals surface area contributed by atoms with Gasteiger partial charge in [-0.05, 0) is 46.3 Å². The molecule has 2 aromatic heterocycles. The fourth-order valence-electron chi connectivity index (χ4n) is 5.54. The van der Waals surface area contributed by atoms with E-state index in [9.17, 15) is 29.1 Å². The molecule has 0 bridgehead atoms. The molecule has 49 heavy (non-hydrogen) atoms. The quantitative estimate of drug-likeness (QED) is 0.206. The summed E-state index contributed by atoms with van der Waals surface area (Å²) in [6.45, 7) is 3.66. The largest absolute Gasteiger partial charge is 0.479 e. The Hall–Kier alpha value is -3.45. The van der Waals surface area contributed by atoms with Gasteiger partial charge in [0, 0.05) is 11.5 Å². The molecule has 5 aliphatic heterocycles. The lowest BCUT2D eigenvalue weighted by atomic mass is 9.95. The minimum absolute atomic E-state index is 0.135. The molecule has 0 spiro atoms. The lowest BCUT2D eigenvalue weighted by Crippen LogP contribution is -2.77. The zero-order chi connectivity index (χ0) is 34.4. The number of carbonyl (C=O) groups excluding carboxylic acids is 4. The molecule has 7 heterocycles. The fourth-order valence-corrected chi connectivity index (χ4v) is 11.8. The third kappa shape index (κ3) is 6.72. The first-order valence-electron chi connectivity index (χ1n) is 14.4. The number of carboxylic acid groups (broad SMARTS) is 1. The molecule has 24 heteroatoms. The van der Waals surface area contributed by atoms with Gasteiger partial charge in [0.25, 0.3) is 0 Å². The van der Waals surface area contributed by atoms with Gasteiger partial charge in [0.2, 0.25) is 23.6 Å². The Morgan fingerprint density at radius 1 is 0.796 bits per heavy atom. The number of rotatable bonds is 12. The maximum atomic E-state index is 14.0. The van der Waals surface area contributed by atoms with E-state index < -0.39 is 70.7 Å². The lowest BCUT2D eigenvalue weighted by Gasteiger charge is -2.54. The molecule has 256 valence electrons. The Morgan fingerprint density at radius 2 is 1.31 bits per heavy atom. The second-order valence-electron chi connectivity index (χ2n) is 11.0. The highest BCUT2D eigenvalue weighted by Gasteiger charge is 2.59. The van der Waals surface area contributed by atoms with Crippen molar-refractivity contribution in [3.05, 3.63) is 32.0 Å². The third-order valence-corrected chi connectivity index (χ3v) is 14.3. The second-order valence-corrected chi connectivity index (χ2v) is 17.7. The van der Waals surface area contributed by atoms with Gasteiger partial charge in [-0.2, -0.15) is 0 Å². The number of fused-ring (bicyclic) bond motifs is 2. The minimum atomic E-state index is -1.19. The Kier molecular flexibility index (Phi) is 9.75. The fraction of sp³-hybridized carbons (Fsp3) is 0.480. The van der Waals surface area contributed by atoms with Crippen LogP contribution < -0.4 is 10.6 Å². The van der Waals surface area contributed by atoms with Crippen molar-refractivity contribution in [2.45, 2.75) is 70.0 Å². The molecule has 0 aromatic carbocycles. The zero-order valence-electron chi connectivity index (χ0n) is 25.2. The first-order valence-corrected chi connectivity index (χ1v) is 19.9. The number of β-lactam (4-membered cyclic amide) rings is 2. The minimum Gasteiger partial charge on any atom is -0.479 e. The van der Waals surface area contributed by atoms with Crippen LogP contribution in [-0.2, 0) is 24.0 Å². The van der Waals surface area contributed by atoms with Crippen LogP contribution in [0.15, 0.2) is 51.3 Å². The third-order valence-electron chi connectivity index (χ3n) is 7.75. The van der Waals surface area contributed by atoms with Crippen LogP contribution >= 0.6 is 69.7 Å². The van der Waals surface area contributed by atoms with Crippen molar-refractivity contribution in [3.63, 3.8) is 0 Å². The first-order chi connectivity index (χ1) is 23.6. The van der Waals surface area contributed by atoms with E-state index in [0.717, 1.165) is 10.0 Å². The monoisotopic (exact) mass is 780 g/mol. The van der Waals surface area contributed by atoms with E-state index in [1.54, 1.807) is 10.8 Å². The van der Waals surface area contributed by atoms with E-state index in [1.165, 1.54) is 79.5 Å². The number of aryl methyl sites for hydroxylation is 2. The Labute approximate surface area is 301 Å². The van der Waals surface area contributed by atoms with Crippen molar-refractivity contribution in [1.82, 2.24) is 40.8 Å². The smallest absolute Gasteiger partial charge is 0.330 e. The van der Waals surface area contributed by atoms with E-state index in [-0.39, 0.29) is 6.42 Å². The molecule has 4 amide bonds. The van der Waals surface area contributed by atoms with Crippen molar-refractivity contribution in [1.29, 1.82) is 0 Å². The molecule has 2 saturated heterocycles. The van der Waals surface area contributed by atoms with Gasteiger partial charge in [-0.3, -0.25) is 19.2 Å². The Morgan fingerprint density at radius 3 is 1.82 bits per heavy atom. The van der Waals surface area contributed by atoms with Crippen molar-refractivity contribution >= 4 is 99.3 Å². The van der Waals surface area contributed by atoms with Gasteiger partial charge >= 0.3 is 5.97 Å². The van der Waals surface area contributed by atoms with Gasteiger partial charge in [0.1, 0.15) is 38.9 Å². The molecular weight excluding hydrogens is 757 g/mol. The summed E-state index contributed by atoms with van der Waals surface area (Å²) in [5.41, 5.74) is 1.14. The average Bonchev–Trinajstić information content (AvgIpc) is 3.85. The molecule has 0 saturated carbocycles. The number of aliphatic carboxylic acids is 1. The number of thioether (sulfide) groups is 4. The second kappa shape index (κ2) is 14.0. The zero-order valence-corrected chi connectivity index (χ0v) is 30.1. The topological polar surface area (TPSA) is 237 Å². The van der Waals surface area contributed by atoms with Crippen LogP contribution in [0.4, 0.5) is 0 Å². The van der Waals surface area contributed by atoms with Crippen molar-refractivity contribution in [2.75, 3.05) is 11.5 Å². The van der Waals surface area contributed by atoms with E-state index in [4.69, 9.17) is 0 Å². The summed E-state index contributed by atoms with van der Waals surface area (Å²) >= 11 is 8.06. The summed E-state index contributed by atoms with van der Waals surface area (Å²) in [6, 6.07) is -4.17. The normalized spacial score (nSPS) is 27.1. The number of carbonyl (C=O) groups is 5. The number of nitrogens with one attached hydrogen (secondary N) is 2. The lowest BCUT2D eigenvalue weighted by molar-refractivity contribution is -0.161. The highest BCUT2D eigenvalue weighted by atomic mass is 32.2. The summed E-state index contributed by atoms with van der Waals surface area (Å²) in [7, 11) is 0. The molecular formula is C25H24N12O6S6. The summed E-state index contributed by atoms with van der Waals surface area (Å²) < 4.78 is 1.38. The number of aromatic nitrogens is 4.